The minimum absolute atomic E-state index is 0.0137. The number of aromatic nitrogens is 2. The number of nitrogens with zero attached hydrogens (tertiary/aromatic N) is 4. The Hall–Kier alpha value is -2.47. The van der Waals surface area contributed by atoms with E-state index in [-0.39, 0.29) is 30.0 Å². The van der Waals surface area contributed by atoms with Gasteiger partial charge in [0, 0.05) is 49.9 Å². The van der Waals surface area contributed by atoms with Crippen molar-refractivity contribution >= 4 is 21.5 Å². The number of benzene rings is 1. The molecule has 12 heteroatoms. The zero-order chi connectivity index (χ0) is 23.8. The lowest BCUT2D eigenvalue weighted by Crippen LogP contribution is -2.56. The Balaban J connectivity index is 1.94. The molecular weight excluding hydrogens is 450 g/mol. The smallest absolute Gasteiger partial charge is 0.368 e. The molecule has 0 spiro atoms. The molecule has 1 fully saturated rings. The topological polar surface area (TPSA) is 92.4 Å². The summed E-state index contributed by atoms with van der Waals surface area (Å²) in [5, 5.41) is 0. The number of piperazine rings is 1. The van der Waals surface area contributed by atoms with E-state index in [1.54, 1.807) is 4.90 Å². The molecule has 0 radical (unpaired) electrons. The van der Waals surface area contributed by atoms with Crippen molar-refractivity contribution in [3.63, 3.8) is 0 Å². The average molecular weight is 476 g/mol. The molecule has 1 aromatic heterocycles. The molecule has 1 unspecified atom stereocenters. The average Bonchev–Trinajstić information content (AvgIpc) is 2.71. The fourth-order valence-electron chi connectivity index (χ4n) is 3.77. The van der Waals surface area contributed by atoms with Gasteiger partial charge >= 0.3 is 6.18 Å². The van der Waals surface area contributed by atoms with Crippen LogP contribution in [0, 0.1) is 11.7 Å². The summed E-state index contributed by atoms with van der Waals surface area (Å²) in [5.74, 6) is -0.855. The molecule has 1 aliphatic rings. The Morgan fingerprint density at radius 3 is 2.50 bits per heavy atom. The molecule has 3 rings (SSSR count). The standard InChI is InChI=1S/C20H25F4N5O2S/c1-12(2)16-11-28(14-4-5-15(21)17(8-14)32(3,30)31)6-7-29(16)19-26-10-13(9-25)18(27-19)20(22,23)24/h4-5,8,10,12,16H,6-7,9,11,25H2,1-3H3. The van der Waals surface area contributed by atoms with Crippen molar-refractivity contribution in [3.05, 3.63) is 41.5 Å². The van der Waals surface area contributed by atoms with Gasteiger partial charge in [0.05, 0.1) is 6.04 Å². The normalized spacial score (nSPS) is 17.8. The first-order valence-corrected chi connectivity index (χ1v) is 11.9. The molecule has 0 amide bonds. The van der Waals surface area contributed by atoms with Crippen molar-refractivity contribution in [2.75, 3.05) is 35.7 Å². The fraction of sp³-hybridized carbons (Fsp3) is 0.500. The number of rotatable bonds is 5. The fourth-order valence-corrected chi connectivity index (χ4v) is 4.52. The SMILES string of the molecule is CC(C)C1CN(c2ccc(F)c(S(C)(=O)=O)c2)CCN1c1ncc(CN)c(C(F)(F)F)n1. The van der Waals surface area contributed by atoms with Crippen molar-refractivity contribution in [2.45, 2.75) is 37.5 Å². The van der Waals surface area contributed by atoms with Crippen LogP contribution in [0.5, 0.6) is 0 Å². The van der Waals surface area contributed by atoms with E-state index in [1.165, 1.54) is 12.1 Å². The molecule has 2 heterocycles. The summed E-state index contributed by atoms with van der Waals surface area (Å²) in [6.07, 6.45) is -2.62. The molecule has 7 nitrogen and oxygen atoms in total. The summed E-state index contributed by atoms with van der Waals surface area (Å²) in [5.41, 5.74) is 4.71. The van der Waals surface area contributed by atoms with Crippen LogP contribution in [0.4, 0.5) is 29.2 Å². The first kappa shape index (κ1) is 24.2. The van der Waals surface area contributed by atoms with Crippen LogP contribution in [0.1, 0.15) is 25.1 Å². The van der Waals surface area contributed by atoms with E-state index in [0.29, 0.717) is 25.3 Å². The molecule has 1 atom stereocenters. The van der Waals surface area contributed by atoms with Crippen molar-refractivity contribution in [1.82, 2.24) is 9.97 Å². The van der Waals surface area contributed by atoms with Gasteiger partial charge in [-0.3, -0.25) is 0 Å². The Bertz CT molecular complexity index is 1090. The van der Waals surface area contributed by atoms with Gasteiger partial charge in [0.2, 0.25) is 5.95 Å². The summed E-state index contributed by atoms with van der Waals surface area (Å²) in [4.78, 5) is 11.1. The second-order valence-corrected chi connectivity index (χ2v) is 10.1. The summed E-state index contributed by atoms with van der Waals surface area (Å²) >= 11 is 0. The number of hydrogen-bond acceptors (Lipinski definition) is 7. The number of anilines is 2. The van der Waals surface area contributed by atoms with Gasteiger partial charge in [0.25, 0.3) is 0 Å². The van der Waals surface area contributed by atoms with Crippen molar-refractivity contribution in [2.24, 2.45) is 11.7 Å². The van der Waals surface area contributed by atoms with Gasteiger partial charge in [-0.25, -0.2) is 22.8 Å². The van der Waals surface area contributed by atoms with E-state index >= 15 is 0 Å². The Kier molecular flexibility index (Phi) is 6.66. The van der Waals surface area contributed by atoms with Crippen molar-refractivity contribution < 1.29 is 26.0 Å². The molecule has 0 saturated carbocycles. The highest BCUT2D eigenvalue weighted by molar-refractivity contribution is 7.90. The summed E-state index contributed by atoms with van der Waals surface area (Å²) in [7, 11) is -3.75. The molecule has 2 N–H and O–H groups in total. The molecule has 0 aliphatic carbocycles. The van der Waals surface area contributed by atoms with Crippen LogP contribution < -0.4 is 15.5 Å². The molecular formula is C20H25F4N5O2S. The number of sulfone groups is 1. The van der Waals surface area contributed by atoms with E-state index < -0.39 is 32.4 Å². The second-order valence-electron chi connectivity index (χ2n) is 8.08. The van der Waals surface area contributed by atoms with Gasteiger partial charge in [-0.15, -0.1) is 0 Å². The molecule has 1 aromatic carbocycles. The third-order valence-corrected chi connectivity index (χ3v) is 6.58. The zero-order valence-corrected chi connectivity index (χ0v) is 18.7. The first-order valence-electron chi connectivity index (χ1n) is 9.97. The van der Waals surface area contributed by atoms with Crippen LogP contribution in [0.15, 0.2) is 29.3 Å². The molecule has 0 bridgehead atoms. The van der Waals surface area contributed by atoms with E-state index in [1.807, 2.05) is 18.7 Å². The zero-order valence-electron chi connectivity index (χ0n) is 17.9. The maximum atomic E-state index is 14.0. The predicted molar refractivity (Wildman–Crippen MR) is 113 cm³/mol. The van der Waals surface area contributed by atoms with E-state index in [2.05, 4.69) is 9.97 Å². The summed E-state index contributed by atoms with van der Waals surface area (Å²) in [6, 6.07) is 3.62. The van der Waals surface area contributed by atoms with Gasteiger partial charge < -0.3 is 15.5 Å². The van der Waals surface area contributed by atoms with Crippen LogP contribution in [0.25, 0.3) is 0 Å². The lowest BCUT2D eigenvalue weighted by molar-refractivity contribution is -0.141. The van der Waals surface area contributed by atoms with Crippen LogP contribution in [-0.4, -0.2) is 50.3 Å². The minimum Gasteiger partial charge on any atom is -0.368 e. The molecule has 176 valence electrons. The van der Waals surface area contributed by atoms with Crippen LogP contribution >= 0.6 is 0 Å². The van der Waals surface area contributed by atoms with Gasteiger partial charge in [0.15, 0.2) is 15.5 Å². The van der Waals surface area contributed by atoms with Gasteiger partial charge in [-0.1, -0.05) is 13.8 Å². The van der Waals surface area contributed by atoms with E-state index in [9.17, 15) is 26.0 Å². The van der Waals surface area contributed by atoms with E-state index in [0.717, 1.165) is 18.5 Å². The van der Waals surface area contributed by atoms with Gasteiger partial charge in [0.1, 0.15) is 10.7 Å². The maximum absolute atomic E-state index is 14.0. The lowest BCUT2D eigenvalue weighted by atomic mass is 9.99. The van der Waals surface area contributed by atoms with Gasteiger partial charge in [-0.05, 0) is 24.1 Å². The van der Waals surface area contributed by atoms with Crippen LogP contribution in [-0.2, 0) is 22.6 Å². The second kappa shape index (κ2) is 8.81. The van der Waals surface area contributed by atoms with Gasteiger partial charge in [-0.2, -0.15) is 13.2 Å². The molecule has 32 heavy (non-hydrogen) atoms. The minimum atomic E-state index is -4.66. The maximum Gasteiger partial charge on any atom is 0.433 e. The Labute approximate surface area is 184 Å². The number of hydrogen-bond donors (Lipinski definition) is 1. The Morgan fingerprint density at radius 1 is 1.25 bits per heavy atom. The monoisotopic (exact) mass is 475 g/mol. The highest BCUT2D eigenvalue weighted by Crippen LogP contribution is 2.33. The van der Waals surface area contributed by atoms with Crippen molar-refractivity contribution in [3.8, 4) is 0 Å². The molecule has 1 aliphatic heterocycles. The largest absolute Gasteiger partial charge is 0.433 e. The van der Waals surface area contributed by atoms with Crippen LogP contribution in [0.2, 0.25) is 0 Å². The Morgan fingerprint density at radius 2 is 1.94 bits per heavy atom. The van der Waals surface area contributed by atoms with E-state index in [4.69, 9.17) is 5.73 Å². The molecule has 1 saturated heterocycles. The summed E-state index contributed by atoms with van der Waals surface area (Å²) < 4.78 is 78.1. The van der Waals surface area contributed by atoms with Crippen LogP contribution in [0.3, 0.4) is 0 Å². The quantitative estimate of drug-likeness (QED) is 0.665. The molecule has 2 aromatic rings. The first-order chi connectivity index (χ1) is 14.8. The highest BCUT2D eigenvalue weighted by atomic mass is 32.2. The lowest BCUT2D eigenvalue weighted by Gasteiger charge is -2.44. The summed E-state index contributed by atoms with van der Waals surface area (Å²) in [6.45, 7) is 4.55. The van der Waals surface area contributed by atoms with Crippen molar-refractivity contribution in [1.29, 1.82) is 0 Å². The number of nitrogens with two attached hydrogens (primary N) is 1. The third-order valence-electron chi connectivity index (χ3n) is 5.46. The predicted octanol–water partition coefficient (Wildman–Crippen LogP) is 2.85. The number of alkyl halides is 3. The third kappa shape index (κ3) is 4.96. The number of halogens is 4. The highest BCUT2D eigenvalue weighted by Gasteiger charge is 2.38.